The fourth-order valence-corrected chi connectivity index (χ4v) is 0.414. The summed E-state index contributed by atoms with van der Waals surface area (Å²) in [6, 6.07) is 0. The minimum Gasteiger partial charge on any atom is -0.358 e. The molecule has 0 aromatic rings. The van der Waals surface area contributed by atoms with E-state index in [0.717, 1.165) is 0 Å². The van der Waals surface area contributed by atoms with Crippen LogP contribution in [0.25, 0.3) is 0 Å². The second-order valence-corrected chi connectivity index (χ2v) is 1.31. The Morgan fingerprint density at radius 2 is 2.75 bits per heavy atom. The van der Waals surface area contributed by atoms with E-state index in [-0.39, 0.29) is 12.4 Å². The van der Waals surface area contributed by atoms with Gasteiger partial charge in [-0.15, -0.1) is 0 Å². The van der Waals surface area contributed by atoms with Crippen LogP contribution in [0.3, 0.4) is 0 Å². The fraction of sp³-hybridized carbons (Fsp3) is 0.333. The van der Waals surface area contributed by atoms with Crippen molar-refractivity contribution in [2.24, 2.45) is 4.99 Å². The molecule has 1 aliphatic rings. The molecular formula is C3H4N3O2. The van der Waals surface area contributed by atoms with E-state index in [0.29, 0.717) is 0 Å². The molecule has 1 radical (unpaired) electrons. The van der Waals surface area contributed by atoms with Gasteiger partial charge in [-0.1, -0.05) is 4.99 Å². The number of nitrogens with zero attached hydrogens (tertiary/aromatic N) is 2. The Kier molecular flexibility index (Phi) is 1.21. The average Bonchev–Trinajstić information content (AvgIpc) is 2.12. The maximum atomic E-state index is 9.82. The highest BCUT2D eigenvalue weighted by molar-refractivity contribution is 5.78. The number of nitrogens with one attached hydrogen (secondary N) is 1. The topological polar surface area (TPSA) is 67.5 Å². The second-order valence-electron chi connectivity index (χ2n) is 1.31. The summed E-state index contributed by atoms with van der Waals surface area (Å²) in [5.74, 6) is -0.0231. The molecule has 1 aliphatic heterocycles. The van der Waals surface area contributed by atoms with Gasteiger partial charge in [0.25, 0.3) is 6.67 Å². The molecule has 1 heterocycles. The molecule has 0 fully saturated rings. The van der Waals surface area contributed by atoms with E-state index >= 15 is 0 Å². The summed E-state index contributed by atoms with van der Waals surface area (Å²) < 4.78 is 0. The first-order valence-corrected chi connectivity index (χ1v) is 2.07. The first-order valence-electron chi connectivity index (χ1n) is 2.07. The van der Waals surface area contributed by atoms with Gasteiger partial charge in [0.05, 0.1) is 0 Å². The van der Waals surface area contributed by atoms with E-state index < -0.39 is 4.92 Å². The Balaban J connectivity index is 2.57. The zero-order valence-electron chi connectivity index (χ0n) is 4.00. The molecule has 43 valence electrons. The number of amidine groups is 1. The number of aliphatic imine (C=N–C) groups is 1. The number of hydrogen-bond donors (Lipinski definition) is 1. The van der Waals surface area contributed by atoms with E-state index in [4.69, 9.17) is 0 Å². The minimum atomic E-state index is -0.503. The maximum absolute atomic E-state index is 9.82. The van der Waals surface area contributed by atoms with Crippen LogP contribution in [0.15, 0.2) is 4.99 Å². The van der Waals surface area contributed by atoms with Crippen LogP contribution < -0.4 is 5.32 Å². The molecule has 0 atom stereocenters. The molecule has 1 rings (SSSR count). The van der Waals surface area contributed by atoms with Gasteiger partial charge in [0.15, 0.2) is 0 Å². The Labute approximate surface area is 45.6 Å². The largest absolute Gasteiger partial charge is 0.358 e. The Hall–Kier alpha value is -0.970. The smallest absolute Gasteiger partial charge is 0.349 e. The number of hydrogen-bond acceptors (Lipinski definition) is 4. The Morgan fingerprint density at radius 1 is 2.00 bits per heavy atom. The molecule has 8 heavy (non-hydrogen) atoms. The van der Waals surface area contributed by atoms with Gasteiger partial charge < -0.3 is 10.1 Å². The first kappa shape index (κ1) is 5.17. The maximum Gasteiger partial charge on any atom is 0.349 e. The molecule has 0 amide bonds. The van der Waals surface area contributed by atoms with Gasteiger partial charge in [-0.05, 0) is 4.92 Å². The Morgan fingerprint density at radius 3 is 3.00 bits per heavy atom. The lowest BCUT2D eigenvalue weighted by Gasteiger charge is -1.86. The van der Waals surface area contributed by atoms with Crippen LogP contribution in [0.1, 0.15) is 0 Å². The molecule has 0 aromatic heterocycles. The molecule has 0 saturated heterocycles. The third-order valence-corrected chi connectivity index (χ3v) is 0.776. The van der Waals surface area contributed by atoms with E-state index in [9.17, 15) is 10.1 Å². The van der Waals surface area contributed by atoms with Crippen molar-refractivity contribution in [3.8, 4) is 0 Å². The van der Waals surface area contributed by atoms with Crippen molar-refractivity contribution in [1.82, 2.24) is 5.32 Å². The minimum absolute atomic E-state index is 0.0231. The van der Waals surface area contributed by atoms with E-state index in [1.54, 1.807) is 0 Å². The quantitative estimate of drug-likeness (QED) is 0.337. The standard InChI is InChI=1S/C3H4N3O2/c7-6(8)3-1-4-2-5-3/h2,4H,1H2. The van der Waals surface area contributed by atoms with Crippen molar-refractivity contribution in [2.75, 3.05) is 6.54 Å². The number of nitro groups is 1. The summed E-state index contributed by atoms with van der Waals surface area (Å²) in [7, 11) is 0. The molecule has 0 aromatic carbocycles. The molecule has 0 spiro atoms. The molecule has 0 saturated carbocycles. The third-order valence-electron chi connectivity index (χ3n) is 0.776. The predicted molar refractivity (Wildman–Crippen MR) is 26.7 cm³/mol. The van der Waals surface area contributed by atoms with Crippen LogP contribution in [-0.2, 0) is 0 Å². The van der Waals surface area contributed by atoms with Gasteiger partial charge in [-0.3, -0.25) is 5.32 Å². The lowest BCUT2D eigenvalue weighted by Crippen LogP contribution is -2.18. The second kappa shape index (κ2) is 1.87. The molecule has 5 nitrogen and oxygen atoms in total. The van der Waals surface area contributed by atoms with Crippen molar-refractivity contribution in [3.63, 3.8) is 0 Å². The fourth-order valence-electron chi connectivity index (χ4n) is 0.414. The van der Waals surface area contributed by atoms with Crippen LogP contribution in [-0.4, -0.2) is 17.3 Å². The van der Waals surface area contributed by atoms with Crippen molar-refractivity contribution in [3.05, 3.63) is 16.8 Å². The highest BCUT2D eigenvalue weighted by Gasteiger charge is 2.16. The predicted octanol–water partition coefficient (Wildman–Crippen LogP) is -0.616. The summed E-state index contributed by atoms with van der Waals surface area (Å²) in [6.45, 7) is 1.56. The highest BCUT2D eigenvalue weighted by atomic mass is 16.6. The highest BCUT2D eigenvalue weighted by Crippen LogP contribution is 1.88. The summed E-state index contributed by atoms with van der Waals surface area (Å²) in [6.07, 6.45) is 0. The zero-order chi connectivity index (χ0) is 5.98. The molecule has 0 bridgehead atoms. The normalized spacial score (nSPS) is 18.2. The van der Waals surface area contributed by atoms with Crippen LogP contribution in [0.4, 0.5) is 0 Å². The summed E-state index contributed by atoms with van der Waals surface area (Å²) >= 11 is 0. The van der Waals surface area contributed by atoms with Crippen molar-refractivity contribution < 1.29 is 4.92 Å². The van der Waals surface area contributed by atoms with Crippen molar-refractivity contribution >= 4 is 5.84 Å². The average molecular weight is 114 g/mol. The SMILES string of the molecule is O=[N+]([O-])C1=N[CH]NC1. The van der Waals surface area contributed by atoms with E-state index in [1.165, 1.54) is 6.67 Å². The lowest BCUT2D eigenvalue weighted by atomic mass is 10.6. The van der Waals surface area contributed by atoms with Gasteiger partial charge in [0.1, 0.15) is 6.54 Å². The van der Waals surface area contributed by atoms with Gasteiger partial charge in [-0.2, -0.15) is 0 Å². The van der Waals surface area contributed by atoms with Gasteiger partial charge in [0, 0.05) is 0 Å². The molecule has 1 N–H and O–H groups in total. The van der Waals surface area contributed by atoms with Gasteiger partial charge >= 0.3 is 5.84 Å². The van der Waals surface area contributed by atoms with E-state index in [1.807, 2.05) is 0 Å². The van der Waals surface area contributed by atoms with Crippen molar-refractivity contribution in [1.29, 1.82) is 0 Å². The van der Waals surface area contributed by atoms with Gasteiger partial charge in [0.2, 0.25) is 0 Å². The molecule has 0 aliphatic carbocycles. The third kappa shape index (κ3) is 0.812. The molecular weight excluding hydrogens is 110 g/mol. The number of rotatable bonds is 0. The monoisotopic (exact) mass is 114 g/mol. The van der Waals surface area contributed by atoms with Crippen molar-refractivity contribution in [2.45, 2.75) is 0 Å². The Bertz CT molecular complexity index is 141. The molecule has 0 unspecified atom stereocenters. The van der Waals surface area contributed by atoms with Gasteiger partial charge in [-0.25, -0.2) is 0 Å². The van der Waals surface area contributed by atoms with Crippen LogP contribution in [0.5, 0.6) is 0 Å². The summed E-state index contributed by atoms with van der Waals surface area (Å²) in [4.78, 5) is 12.7. The lowest BCUT2D eigenvalue weighted by molar-refractivity contribution is -0.351. The summed E-state index contributed by atoms with van der Waals surface area (Å²) in [5, 5.41) is 12.4. The van der Waals surface area contributed by atoms with Crippen LogP contribution in [0, 0.1) is 16.8 Å². The first-order chi connectivity index (χ1) is 3.80. The summed E-state index contributed by atoms with van der Waals surface area (Å²) in [5.41, 5.74) is 0. The van der Waals surface area contributed by atoms with Crippen LogP contribution in [0.2, 0.25) is 0 Å². The molecule has 5 heteroatoms. The zero-order valence-corrected chi connectivity index (χ0v) is 4.00. The van der Waals surface area contributed by atoms with E-state index in [2.05, 4.69) is 10.3 Å². The van der Waals surface area contributed by atoms with Crippen LogP contribution >= 0.6 is 0 Å².